The lowest BCUT2D eigenvalue weighted by molar-refractivity contribution is 0.327. The van der Waals surface area contributed by atoms with E-state index in [0.717, 1.165) is 19.3 Å². The highest BCUT2D eigenvalue weighted by molar-refractivity contribution is 7.92. The Kier molecular flexibility index (Phi) is 4.65. The van der Waals surface area contributed by atoms with Gasteiger partial charge in [0.05, 0.1) is 11.0 Å². The summed E-state index contributed by atoms with van der Waals surface area (Å²) in [6.45, 7) is 0.635. The third kappa shape index (κ3) is 3.49. The Morgan fingerprint density at radius 2 is 1.76 bits per heavy atom. The van der Waals surface area contributed by atoms with Gasteiger partial charge in [0.25, 0.3) is 0 Å². The molecule has 1 aliphatic carbocycles. The molecule has 0 radical (unpaired) electrons. The number of hydrogen-bond acceptors (Lipinski definition) is 3. The Morgan fingerprint density at radius 1 is 1.00 bits per heavy atom. The van der Waals surface area contributed by atoms with Crippen LogP contribution >= 0.6 is 0 Å². The lowest BCUT2D eigenvalue weighted by Gasteiger charge is -2.33. The smallest absolute Gasteiger partial charge is 0.154 e. The van der Waals surface area contributed by atoms with E-state index in [1.54, 1.807) is 0 Å². The van der Waals surface area contributed by atoms with Crippen LogP contribution in [-0.4, -0.2) is 32.0 Å². The Morgan fingerprint density at radius 3 is 2.48 bits per heavy atom. The summed E-state index contributed by atoms with van der Waals surface area (Å²) in [6.07, 6.45) is 6.56. The van der Waals surface area contributed by atoms with Crippen LogP contribution in [0.1, 0.15) is 50.0 Å². The monoisotopic (exact) mass is 307 g/mol. The van der Waals surface area contributed by atoms with E-state index in [2.05, 4.69) is 35.6 Å². The van der Waals surface area contributed by atoms with Crippen LogP contribution in [0.4, 0.5) is 0 Å². The number of nitrogens with one attached hydrogen (secondary N) is 1. The second-order valence-corrected chi connectivity index (χ2v) is 8.85. The van der Waals surface area contributed by atoms with Crippen molar-refractivity contribution in [2.24, 2.45) is 0 Å². The van der Waals surface area contributed by atoms with Crippen molar-refractivity contribution in [2.45, 2.75) is 55.7 Å². The van der Waals surface area contributed by atoms with E-state index < -0.39 is 9.84 Å². The van der Waals surface area contributed by atoms with Crippen LogP contribution < -0.4 is 5.32 Å². The quantitative estimate of drug-likeness (QED) is 0.930. The maximum atomic E-state index is 11.9. The van der Waals surface area contributed by atoms with Crippen molar-refractivity contribution in [2.75, 3.05) is 12.3 Å². The van der Waals surface area contributed by atoms with E-state index in [4.69, 9.17) is 0 Å². The molecule has 0 aromatic heterocycles. The van der Waals surface area contributed by atoms with Crippen LogP contribution in [0.15, 0.2) is 30.3 Å². The van der Waals surface area contributed by atoms with Crippen molar-refractivity contribution in [3.05, 3.63) is 35.9 Å². The summed E-state index contributed by atoms with van der Waals surface area (Å²) in [5.41, 5.74) is 1.39. The van der Waals surface area contributed by atoms with Crippen LogP contribution in [0.2, 0.25) is 0 Å². The van der Waals surface area contributed by atoms with Crippen LogP contribution in [0.3, 0.4) is 0 Å². The molecule has 2 fully saturated rings. The summed E-state index contributed by atoms with van der Waals surface area (Å²) >= 11 is 0. The van der Waals surface area contributed by atoms with Crippen molar-refractivity contribution in [1.29, 1.82) is 0 Å². The second kappa shape index (κ2) is 6.49. The fraction of sp³-hybridized carbons (Fsp3) is 0.647. The molecule has 3 rings (SSSR count). The fourth-order valence-electron chi connectivity index (χ4n) is 3.84. The van der Waals surface area contributed by atoms with Crippen LogP contribution in [0.5, 0.6) is 0 Å². The SMILES string of the molecule is O=S1(=O)CCCC1CNC1CCCCC1c1ccccc1. The largest absolute Gasteiger partial charge is 0.312 e. The summed E-state index contributed by atoms with van der Waals surface area (Å²) in [5.74, 6) is 0.913. The number of benzene rings is 1. The van der Waals surface area contributed by atoms with Crippen molar-refractivity contribution in [3.63, 3.8) is 0 Å². The summed E-state index contributed by atoms with van der Waals surface area (Å²) in [7, 11) is -2.83. The lowest BCUT2D eigenvalue weighted by Crippen LogP contribution is -2.42. The molecule has 1 aromatic carbocycles. The molecule has 116 valence electrons. The van der Waals surface area contributed by atoms with Gasteiger partial charge < -0.3 is 5.32 Å². The molecule has 1 saturated carbocycles. The van der Waals surface area contributed by atoms with E-state index in [1.807, 2.05) is 0 Å². The maximum absolute atomic E-state index is 11.9. The summed E-state index contributed by atoms with van der Waals surface area (Å²) in [4.78, 5) is 0. The molecule has 0 bridgehead atoms. The molecule has 1 N–H and O–H groups in total. The minimum Gasteiger partial charge on any atom is -0.312 e. The zero-order valence-electron chi connectivity index (χ0n) is 12.5. The number of rotatable bonds is 4. The molecule has 3 atom stereocenters. The van der Waals surface area contributed by atoms with Gasteiger partial charge in [-0.05, 0) is 37.2 Å². The van der Waals surface area contributed by atoms with Crippen molar-refractivity contribution >= 4 is 9.84 Å². The minimum absolute atomic E-state index is 0.157. The lowest BCUT2D eigenvalue weighted by atomic mass is 9.80. The first-order valence-electron chi connectivity index (χ1n) is 8.17. The molecule has 3 nitrogen and oxygen atoms in total. The minimum atomic E-state index is -2.83. The molecule has 1 heterocycles. The Balaban J connectivity index is 1.65. The van der Waals surface area contributed by atoms with Gasteiger partial charge in [0.1, 0.15) is 0 Å². The van der Waals surface area contributed by atoms with E-state index in [-0.39, 0.29) is 5.25 Å². The topological polar surface area (TPSA) is 46.2 Å². The van der Waals surface area contributed by atoms with E-state index in [1.165, 1.54) is 24.8 Å². The third-order valence-corrected chi connectivity index (χ3v) is 7.34. The normalized spacial score (nSPS) is 32.1. The average molecular weight is 307 g/mol. The Labute approximate surface area is 128 Å². The second-order valence-electron chi connectivity index (χ2n) is 6.45. The molecule has 1 aliphatic heterocycles. The highest BCUT2D eigenvalue weighted by atomic mass is 32.2. The average Bonchev–Trinajstić information content (AvgIpc) is 2.85. The van der Waals surface area contributed by atoms with Gasteiger partial charge in [-0.3, -0.25) is 0 Å². The van der Waals surface area contributed by atoms with Gasteiger partial charge in [0.15, 0.2) is 9.84 Å². The zero-order valence-corrected chi connectivity index (χ0v) is 13.3. The first kappa shape index (κ1) is 15.0. The third-order valence-electron chi connectivity index (χ3n) is 5.06. The van der Waals surface area contributed by atoms with Gasteiger partial charge in [0.2, 0.25) is 0 Å². The van der Waals surface area contributed by atoms with Gasteiger partial charge in [0, 0.05) is 12.6 Å². The van der Waals surface area contributed by atoms with E-state index in [9.17, 15) is 8.42 Å². The van der Waals surface area contributed by atoms with Crippen LogP contribution in [-0.2, 0) is 9.84 Å². The molecule has 2 aliphatic rings. The molecule has 3 unspecified atom stereocenters. The molecule has 0 amide bonds. The summed E-state index contributed by atoms with van der Waals surface area (Å²) in [6, 6.07) is 11.1. The molecular formula is C17H25NO2S. The molecule has 21 heavy (non-hydrogen) atoms. The van der Waals surface area contributed by atoms with Crippen molar-refractivity contribution < 1.29 is 8.42 Å². The van der Waals surface area contributed by atoms with Gasteiger partial charge in [-0.15, -0.1) is 0 Å². The molecule has 1 saturated heterocycles. The fourth-order valence-corrected chi connectivity index (χ4v) is 5.62. The zero-order chi connectivity index (χ0) is 14.7. The van der Waals surface area contributed by atoms with Gasteiger partial charge in [-0.25, -0.2) is 8.42 Å². The van der Waals surface area contributed by atoms with Gasteiger partial charge in [-0.1, -0.05) is 43.2 Å². The van der Waals surface area contributed by atoms with E-state index in [0.29, 0.717) is 24.3 Å². The predicted octanol–water partition coefficient (Wildman–Crippen LogP) is 2.88. The first-order valence-corrected chi connectivity index (χ1v) is 9.88. The summed E-state index contributed by atoms with van der Waals surface area (Å²) < 4.78 is 23.9. The van der Waals surface area contributed by atoms with Crippen LogP contribution in [0, 0.1) is 0 Å². The Bertz CT molecular complexity index is 555. The molecule has 0 spiro atoms. The molecular weight excluding hydrogens is 282 g/mol. The standard InChI is InChI=1S/C17H25NO2S/c19-21(20)12-6-9-15(21)13-18-17-11-5-4-10-16(17)14-7-2-1-3-8-14/h1-3,7-8,15-18H,4-6,9-13H2. The first-order chi connectivity index (χ1) is 10.2. The summed E-state index contributed by atoms with van der Waals surface area (Å²) in [5, 5.41) is 3.43. The number of hydrogen-bond donors (Lipinski definition) is 1. The molecule has 4 heteroatoms. The highest BCUT2D eigenvalue weighted by Gasteiger charge is 2.33. The Hall–Kier alpha value is -0.870. The maximum Gasteiger partial charge on any atom is 0.154 e. The van der Waals surface area contributed by atoms with Crippen LogP contribution in [0.25, 0.3) is 0 Å². The van der Waals surface area contributed by atoms with Gasteiger partial charge >= 0.3 is 0 Å². The van der Waals surface area contributed by atoms with Gasteiger partial charge in [-0.2, -0.15) is 0 Å². The molecule has 1 aromatic rings. The van der Waals surface area contributed by atoms with E-state index >= 15 is 0 Å². The van der Waals surface area contributed by atoms with Crippen molar-refractivity contribution in [1.82, 2.24) is 5.32 Å². The predicted molar refractivity (Wildman–Crippen MR) is 86.3 cm³/mol. The van der Waals surface area contributed by atoms with Crippen molar-refractivity contribution in [3.8, 4) is 0 Å². The number of sulfone groups is 1. The highest BCUT2D eigenvalue weighted by Crippen LogP contribution is 2.33.